The average molecular weight is 518 g/mol. The lowest BCUT2D eigenvalue weighted by atomic mass is 10.1. The molecule has 8 nitrogen and oxygen atoms in total. The molecule has 1 heterocycles. The van der Waals surface area contributed by atoms with E-state index in [2.05, 4.69) is 5.32 Å². The minimum Gasteiger partial charge on any atom is -0.352 e. The number of carbonyl (C=O) groups is 3. The molecular formula is C26H32FN3O5S. The van der Waals surface area contributed by atoms with Crippen molar-refractivity contribution in [3.05, 3.63) is 65.5 Å². The lowest BCUT2D eigenvalue weighted by Crippen LogP contribution is -2.50. The maximum atomic E-state index is 13.4. The standard InChI is InChI=1S/C26H32FN3O5S/c1-4-18(3)28-25(32)22(5-2)29(17-19-12-14-20(27)15-13-19)24(31)11-8-16-30-26(33)21-9-6-7-10-23(21)36(30,34)35/h6-7,9-10,12-15,18,22H,4-5,8,11,16-17H2,1-3H3,(H,28,32)/t18-,22+/m0/s1. The van der Waals surface area contributed by atoms with Crippen molar-refractivity contribution >= 4 is 27.7 Å². The minimum absolute atomic E-state index is 0.0352. The molecule has 2 aromatic carbocycles. The van der Waals surface area contributed by atoms with Crippen molar-refractivity contribution in [2.45, 2.75) is 70.0 Å². The highest BCUT2D eigenvalue weighted by Gasteiger charge is 2.40. The normalized spacial score (nSPS) is 15.8. The number of sulfonamides is 1. The molecule has 3 rings (SSSR count). The summed E-state index contributed by atoms with van der Waals surface area (Å²) in [6, 6.07) is 10.9. The van der Waals surface area contributed by atoms with Gasteiger partial charge in [0.25, 0.3) is 15.9 Å². The molecule has 1 aliphatic rings. The van der Waals surface area contributed by atoms with Crippen LogP contribution in [0.5, 0.6) is 0 Å². The maximum absolute atomic E-state index is 13.4. The number of benzene rings is 2. The quantitative estimate of drug-likeness (QED) is 0.492. The maximum Gasteiger partial charge on any atom is 0.269 e. The summed E-state index contributed by atoms with van der Waals surface area (Å²) in [6.45, 7) is 5.57. The first-order valence-corrected chi connectivity index (χ1v) is 13.5. The highest BCUT2D eigenvalue weighted by atomic mass is 32.2. The van der Waals surface area contributed by atoms with Crippen molar-refractivity contribution in [3.8, 4) is 0 Å². The lowest BCUT2D eigenvalue weighted by Gasteiger charge is -2.31. The van der Waals surface area contributed by atoms with Gasteiger partial charge in [-0.25, -0.2) is 17.1 Å². The number of rotatable bonds is 11. The van der Waals surface area contributed by atoms with Crippen molar-refractivity contribution in [1.29, 1.82) is 0 Å². The van der Waals surface area contributed by atoms with Crippen LogP contribution in [0.4, 0.5) is 4.39 Å². The zero-order valence-electron chi connectivity index (χ0n) is 20.7. The molecule has 0 saturated heterocycles. The molecule has 3 amide bonds. The molecular weight excluding hydrogens is 485 g/mol. The van der Waals surface area contributed by atoms with E-state index in [9.17, 15) is 27.2 Å². The Kier molecular flexibility index (Phi) is 8.84. The summed E-state index contributed by atoms with van der Waals surface area (Å²) >= 11 is 0. The monoisotopic (exact) mass is 517 g/mol. The molecule has 0 fully saturated rings. The van der Waals surface area contributed by atoms with Gasteiger partial charge in [0.2, 0.25) is 11.8 Å². The second-order valence-corrected chi connectivity index (χ2v) is 10.7. The molecule has 36 heavy (non-hydrogen) atoms. The fourth-order valence-corrected chi connectivity index (χ4v) is 5.72. The summed E-state index contributed by atoms with van der Waals surface area (Å²) < 4.78 is 39.7. The largest absolute Gasteiger partial charge is 0.352 e. The van der Waals surface area contributed by atoms with Crippen LogP contribution in [0.25, 0.3) is 0 Å². The predicted molar refractivity (Wildman–Crippen MR) is 133 cm³/mol. The van der Waals surface area contributed by atoms with Gasteiger partial charge in [-0.2, -0.15) is 0 Å². The number of carbonyl (C=O) groups excluding carboxylic acids is 3. The van der Waals surface area contributed by atoms with Crippen LogP contribution in [-0.2, 0) is 26.2 Å². The van der Waals surface area contributed by atoms with E-state index < -0.39 is 27.8 Å². The highest BCUT2D eigenvalue weighted by Crippen LogP contribution is 2.30. The molecule has 1 N–H and O–H groups in total. The van der Waals surface area contributed by atoms with E-state index in [1.807, 2.05) is 13.8 Å². The number of fused-ring (bicyclic) bond motifs is 1. The molecule has 0 saturated carbocycles. The predicted octanol–water partition coefficient (Wildman–Crippen LogP) is 3.47. The number of nitrogens with zero attached hydrogens (tertiary/aromatic N) is 2. The number of amides is 3. The molecule has 0 spiro atoms. The van der Waals surface area contributed by atoms with Gasteiger partial charge in [0, 0.05) is 25.6 Å². The van der Waals surface area contributed by atoms with E-state index in [1.165, 1.54) is 29.2 Å². The van der Waals surface area contributed by atoms with Crippen LogP contribution < -0.4 is 5.32 Å². The first kappa shape index (κ1) is 27.3. The van der Waals surface area contributed by atoms with Gasteiger partial charge in [-0.15, -0.1) is 0 Å². The van der Waals surface area contributed by atoms with Crippen LogP contribution in [0.2, 0.25) is 0 Å². The molecule has 10 heteroatoms. The van der Waals surface area contributed by atoms with Crippen molar-refractivity contribution in [1.82, 2.24) is 14.5 Å². The van der Waals surface area contributed by atoms with Gasteiger partial charge in [-0.05, 0) is 56.0 Å². The van der Waals surface area contributed by atoms with Crippen molar-refractivity contribution in [2.75, 3.05) is 6.54 Å². The number of hydrogen-bond acceptors (Lipinski definition) is 5. The molecule has 0 radical (unpaired) electrons. The molecule has 0 bridgehead atoms. The van der Waals surface area contributed by atoms with Crippen molar-refractivity contribution in [3.63, 3.8) is 0 Å². The Morgan fingerprint density at radius 1 is 1.06 bits per heavy atom. The van der Waals surface area contributed by atoms with Gasteiger partial charge in [0.15, 0.2) is 0 Å². The molecule has 2 atom stereocenters. The Morgan fingerprint density at radius 2 is 1.72 bits per heavy atom. The average Bonchev–Trinajstić information content (AvgIpc) is 3.05. The Labute approximate surface area is 211 Å². The summed E-state index contributed by atoms with van der Waals surface area (Å²) in [4.78, 5) is 40.3. The molecule has 0 unspecified atom stereocenters. The second kappa shape index (κ2) is 11.6. The van der Waals surface area contributed by atoms with Crippen LogP contribution in [-0.4, -0.2) is 54.0 Å². The number of halogens is 1. The zero-order valence-corrected chi connectivity index (χ0v) is 21.6. The number of hydrogen-bond donors (Lipinski definition) is 1. The first-order chi connectivity index (χ1) is 17.1. The van der Waals surface area contributed by atoms with Crippen LogP contribution in [0.1, 0.15) is 62.4 Å². The minimum atomic E-state index is -3.96. The van der Waals surface area contributed by atoms with Crippen molar-refractivity contribution in [2.24, 2.45) is 0 Å². The summed E-state index contributed by atoms with van der Waals surface area (Å²) in [7, 11) is -3.96. The fraction of sp³-hybridized carbons (Fsp3) is 0.423. The Morgan fingerprint density at radius 3 is 2.33 bits per heavy atom. The van der Waals surface area contributed by atoms with Crippen LogP contribution in [0.3, 0.4) is 0 Å². The van der Waals surface area contributed by atoms with Gasteiger partial charge in [-0.3, -0.25) is 14.4 Å². The molecule has 1 aliphatic heterocycles. The molecule has 2 aromatic rings. The highest BCUT2D eigenvalue weighted by molar-refractivity contribution is 7.90. The van der Waals surface area contributed by atoms with Crippen LogP contribution >= 0.6 is 0 Å². The summed E-state index contributed by atoms with van der Waals surface area (Å²) in [5.41, 5.74) is 0.779. The third kappa shape index (κ3) is 5.92. The van der Waals surface area contributed by atoms with Gasteiger partial charge in [-0.1, -0.05) is 38.1 Å². The Balaban J connectivity index is 1.74. The van der Waals surface area contributed by atoms with Gasteiger partial charge >= 0.3 is 0 Å². The van der Waals surface area contributed by atoms with Gasteiger partial charge < -0.3 is 10.2 Å². The van der Waals surface area contributed by atoms with Crippen LogP contribution in [0, 0.1) is 5.82 Å². The van der Waals surface area contributed by atoms with Crippen molar-refractivity contribution < 1.29 is 27.2 Å². The third-order valence-electron chi connectivity index (χ3n) is 6.32. The second-order valence-electron chi connectivity index (χ2n) is 8.87. The topological polar surface area (TPSA) is 104 Å². The van der Waals surface area contributed by atoms with E-state index in [0.29, 0.717) is 12.0 Å². The van der Waals surface area contributed by atoms with E-state index in [-0.39, 0.29) is 54.2 Å². The summed E-state index contributed by atoms with van der Waals surface area (Å²) in [5.74, 6) is -1.65. The van der Waals surface area contributed by atoms with E-state index in [1.54, 1.807) is 31.2 Å². The third-order valence-corrected chi connectivity index (χ3v) is 8.16. The van der Waals surface area contributed by atoms with E-state index >= 15 is 0 Å². The SMILES string of the molecule is CC[C@H](C(=O)N[C@@H](C)CC)N(Cc1ccc(F)cc1)C(=O)CCCN1C(=O)c2ccccc2S1(=O)=O. The number of nitrogens with one attached hydrogen (secondary N) is 1. The van der Waals surface area contributed by atoms with E-state index in [0.717, 1.165) is 10.7 Å². The van der Waals surface area contributed by atoms with Gasteiger partial charge in [0.1, 0.15) is 16.8 Å². The molecule has 0 aromatic heterocycles. The first-order valence-electron chi connectivity index (χ1n) is 12.1. The smallest absolute Gasteiger partial charge is 0.269 e. The summed E-state index contributed by atoms with van der Waals surface area (Å²) in [5, 5.41) is 2.91. The summed E-state index contributed by atoms with van der Waals surface area (Å²) in [6.07, 6.45) is 1.13. The Hall–Kier alpha value is -3.27. The lowest BCUT2D eigenvalue weighted by molar-refractivity contribution is -0.141. The van der Waals surface area contributed by atoms with E-state index in [4.69, 9.17) is 0 Å². The fourth-order valence-electron chi connectivity index (χ4n) is 4.12. The van der Waals surface area contributed by atoms with Gasteiger partial charge in [0.05, 0.1) is 5.56 Å². The molecule has 0 aliphatic carbocycles. The molecule has 194 valence electrons. The Bertz CT molecular complexity index is 1220. The zero-order chi connectivity index (χ0) is 26.5. The van der Waals surface area contributed by atoms with Crippen LogP contribution in [0.15, 0.2) is 53.4 Å².